The van der Waals surface area contributed by atoms with Crippen LogP contribution in [0.1, 0.15) is 11.8 Å². The lowest BCUT2D eigenvalue weighted by atomic mass is 10.2. The van der Waals surface area contributed by atoms with Gasteiger partial charge in [-0.25, -0.2) is 4.98 Å². The normalized spacial score (nSPS) is 12.1. The van der Waals surface area contributed by atoms with E-state index in [1.54, 1.807) is 12.3 Å². The lowest BCUT2D eigenvalue weighted by Crippen LogP contribution is -1.98. The largest absolute Gasteiger partial charge is 0.383 e. The molecule has 0 radical (unpaired) electrons. The molecule has 1 atom stereocenters. The van der Waals surface area contributed by atoms with Crippen LogP contribution in [-0.2, 0) is 0 Å². The van der Waals surface area contributed by atoms with E-state index in [1.807, 2.05) is 30.3 Å². The monoisotopic (exact) mass is 212 g/mol. The lowest BCUT2D eigenvalue weighted by molar-refractivity contribution is 0.224. The number of rotatable bonds is 3. The summed E-state index contributed by atoms with van der Waals surface area (Å²) in [6.07, 6.45) is 2.43. The molecule has 0 unspecified atom stereocenters. The Hall–Kier alpha value is -2.00. The summed E-state index contributed by atoms with van der Waals surface area (Å²) in [7, 11) is 0. The van der Waals surface area contributed by atoms with Crippen LogP contribution in [0.15, 0.2) is 55.3 Å². The second-order valence-corrected chi connectivity index (χ2v) is 3.34. The maximum absolute atomic E-state index is 9.60. The van der Waals surface area contributed by atoms with Gasteiger partial charge in [-0.3, -0.25) is 4.98 Å². The highest BCUT2D eigenvalue weighted by Crippen LogP contribution is 2.17. The van der Waals surface area contributed by atoms with E-state index >= 15 is 0 Å². The fraction of sp³-hybridized carbons (Fsp3) is 0.0769. The summed E-state index contributed by atoms with van der Waals surface area (Å²) >= 11 is 0. The SMILES string of the molecule is C=C[C@H](O)c1cccc(-c2ccccn2)n1. The Labute approximate surface area is 94.1 Å². The summed E-state index contributed by atoms with van der Waals surface area (Å²) in [6, 6.07) is 11.1. The van der Waals surface area contributed by atoms with Gasteiger partial charge in [-0.2, -0.15) is 0 Å². The molecule has 2 heterocycles. The standard InChI is InChI=1S/C13H12N2O/c1-2-13(16)12-8-5-7-11(15-12)10-6-3-4-9-14-10/h2-9,13,16H,1H2/t13-/m0/s1. The van der Waals surface area contributed by atoms with Crippen LogP contribution in [0.2, 0.25) is 0 Å². The molecule has 0 saturated carbocycles. The molecule has 0 aliphatic heterocycles. The summed E-state index contributed by atoms with van der Waals surface area (Å²) in [4.78, 5) is 8.54. The van der Waals surface area contributed by atoms with Crippen molar-refractivity contribution < 1.29 is 5.11 Å². The third-order valence-electron chi connectivity index (χ3n) is 2.22. The highest BCUT2D eigenvalue weighted by Gasteiger charge is 2.06. The van der Waals surface area contributed by atoms with Gasteiger partial charge >= 0.3 is 0 Å². The van der Waals surface area contributed by atoms with Crippen LogP contribution in [0.25, 0.3) is 11.4 Å². The van der Waals surface area contributed by atoms with Gasteiger partial charge in [-0.15, -0.1) is 6.58 Å². The number of hydrogen-bond acceptors (Lipinski definition) is 3. The summed E-state index contributed by atoms with van der Waals surface area (Å²) in [5.74, 6) is 0. The fourth-order valence-corrected chi connectivity index (χ4v) is 1.39. The summed E-state index contributed by atoms with van der Waals surface area (Å²) in [6.45, 7) is 3.53. The van der Waals surface area contributed by atoms with Crippen molar-refractivity contribution in [3.05, 3.63) is 60.9 Å². The van der Waals surface area contributed by atoms with E-state index in [2.05, 4.69) is 16.5 Å². The predicted molar refractivity (Wildman–Crippen MR) is 62.6 cm³/mol. The third-order valence-corrected chi connectivity index (χ3v) is 2.22. The second-order valence-electron chi connectivity index (χ2n) is 3.34. The van der Waals surface area contributed by atoms with Crippen molar-refractivity contribution >= 4 is 0 Å². The number of aliphatic hydroxyl groups is 1. The van der Waals surface area contributed by atoms with Gasteiger partial charge in [0.25, 0.3) is 0 Å². The first-order chi connectivity index (χ1) is 7.81. The molecule has 0 fully saturated rings. The Morgan fingerprint density at radius 1 is 1.12 bits per heavy atom. The van der Waals surface area contributed by atoms with E-state index < -0.39 is 6.10 Å². The second kappa shape index (κ2) is 4.68. The van der Waals surface area contributed by atoms with Crippen molar-refractivity contribution in [3.8, 4) is 11.4 Å². The zero-order chi connectivity index (χ0) is 11.4. The van der Waals surface area contributed by atoms with Crippen molar-refractivity contribution in [1.29, 1.82) is 0 Å². The minimum Gasteiger partial charge on any atom is -0.383 e. The van der Waals surface area contributed by atoms with Crippen LogP contribution >= 0.6 is 0 Å². The van der Waals surface area contributed by atoms with E-state index in [-0.39, 0.29) is 0 Å². The molecule has 0 aliphatic rings. The number of aromatic nitrogens is 2. The average molecular weight is 212 g/mol. The quantitative estimate of drug-likeness (QED) is 0.794. The van der Waals surface area contributed by atoms with E-state index in [1.165, 1.54) is 6.08 Å². The van der Waals surface area contributed by atoms with Crippen LogP contribution in [-0.4, -0.2) is 15.1 Å². The fourth-order valence-electron chi connectivity index (χ4n) is 1.39. The van der Waals surface area contributed by atoms with Crippen molar-refractivity contribution in [2.75, 3.05) is 0 Å². The maximum Gasteiger partial charge on any atom is 0.114 e. The topological polar surface area (TPSA) is 46.0 Å². The van der Waals surface area contributed by atoms with Gasteiger partial charge in [-0.05, 0) is 24.3 Å². The molecule has 2 aromatic heterocycles. The van der Waals surface area contributed by atoms with E-state index in [0.717, 1.165) is 11.4 Å². The average Bonchev–Trinajstić information content (AvgIpc) is 2.39. The summed E-state index contributed by atoms with van der Waals surface area (Å²) < 4.78 is 0. The van der Waals surface area contributed by atoms with Crippen LogP contribution in [0, 0.1) is 0 Å². The molecule has 80 valence electrons. The molecule has 0 aromatic carbocycles. The molecule has 2 rings (SSSR count). The van der Waals surface area contributed by atoms with Gasteiger partial charge in [0.15, 0.2) is 0 Å². The molecule has 0 amide bonds. The third kappa shape index (κ3) is 2.15. The zero-order valence-corrected chi connectivity index (χ0v) is 8.74. The van der Waals surface area contributed by atoms with Gasteiger partial charge in [-0.1, -0.05) is 18.2 Å². The zero-order valence-electron chi connectivity index (χ0n) is 8.74. The Morgan fingerprint density at radius 3 is 2.62 bits per heavy atom. The minimum absolute atomic E-state index is 0.582. The van der Waals surface area contributed by atoms with Gasteiger partial charge < -0.3 is 5.11 Å². The van der Waals surface area contributed by atoms with Crippen LogP contribution < -0.4 is 0 Å². The lowest BCUT2D eigenvalue weighted by Gasteiger charge is -2.06. The molecule has 0 bridgehead atoms. The number of nitrogens with zero attached hydrogens (tertiary/aromatic N) is 2. The Balaban J connectivity index is 2.40. The maximum atomic E-state index is 9.60. The predicted octanol–water partition coefficient (Wildman–Crippen LogP) is 2.36. The van der Waals surface area contributed by atoms with Gasteiger partial charge in [0.1, 0.15) is 6.10 Å². The van der Waals surface area contributed by atoms with E-state index in [4.69, 9.17) is 0 Å². The van der Waals surface area contributed by atoms with E-state index in [9.17, 15) is 5.11 Å². The number of aliphatic hydroxyl groups excluding tert-OH is 1. The smallest absolute Gasteiger partial charge is 0.114 e. The highest BCUT2D eigenvalue weighted by atomic mass is 16.3. The van der Waals surface area contributed by atoms with Crippen LogP contribution in [0.4, 0.5) is 0 Å². The molecule has 3 heteroatoms. The van der Waals surface area contributed by atoms with Crippen LogP contribution in [0.5, 0.6) is 0 Å². The Kier molecular flexibility index (Phi) is 3.08. The molecule has 16 heavy (non-hydrogen) atoms. The number of pyridine rings is 2. The molecule has 1 N–H and O–H groups in total. The summed E-state index contributed by atoms with van der Waals surface area (Å²) in [5, 5.41) is 9.60. The first-order valence-corrected chi connectivity index (χ1v) is 5.00. The highest BCUT2D eigenvalue weighted by molar-refractivity contribution is 5.53. The van der Waals surface area contributed by atoms with Crippen molar-refractivity contribution in [1.82, 2.24) is 9.97 Å². The van der Waals surface area contributed by atoms with Crippen LogP contribution in [0.3, 0.4) is 0 Å². The van der Waals surface area contributed by atoms with E-state index in [0.29, 0.717) is 5.69 Å². The first-order valence-electron chi connectivity index (χ1n) is 5.00. The molecule has 3 nitrogen and oxygen atoms in total. The first kappa shape index (κ1) is 10.5. The van der Waals surface area contributed by atoms with Gasteiger partial charge in [0.05, 0.1) is 17.1 Å². The summed E-state index contributed by atoms with van der Waals surface area (Å²) in [5.41, 5.74) is 2.12. The van der Waals surface area contributed by atoms with Gasteiger partial charge in [0.2, 0.25) is 0 Å². The molecule has 0 aliphatic carbocycles. The molecule has 0 saturated heterocycles. The minimum atomic E-state index is -0.733. The molecular weight excluding hydrogens is 200 g/mol. The molecular formula is C13H12N2O. The van der Waals surface area contributed by atoms with Gasteiger partial charge in [0, 0.05) is 6.20 Å². The van der Waals surface area contributed by atoms with Crippen molar-refractivity contribution in [2.24, 2.45) is 0 Å². The molecule has 2 aromatic rings. The Morgan fingerprint density at radius 2 is 1.94 bits per heavy atom. The Bertz CT molecular complexity index is 482. The number of hydrogen-bond donors (Lipinski definition) is 1. The van der Waals surface area contributed by atoms with Crippen molar-refractivity contribution in [3.63, 3.8) is 0 Å². The molecule has 0 spiro atoms. The van der Waals surface area contributed by atoms with Crippen molar-refractivity contribution in [2.45, 2.75) is 6.10 Å².